The third-order valence-electron chi connectivity index (χ3n) is 7.62. The Hall–Kier alpha value is -3.84. The van der Waals surface area contributed by atoms with E-state index in [0.717, 1.165) is 12.1 Å². The zero-order valence-electron chi connectivity index (χ0n) is 26.1. The minimum Gasteiger partial charge on any atom is -0.504 e. The van der Waals surface area contributed by atoms with Crippen molar-refractivity contribution in [1.82, 2.24) is 21.3 Å². The van der Waals surface area contributed by atoms with E-state index in [4.69, 9.17) is 20.7 Å². The number of ether oxygens (including phenoxy) is 1. The molecule has 0 unspecified atom stereocenters. The zero-order valence-corrected chi connectivity index (χ0v) is 26.9. The van der Waals surface area contributed by atoms with E-state index in [1.807, 2.05) is 0 Å². The van der Waals surface area contributed by atoms with Gasteiger partial charge in [0.05, 0.1) is 22.7 Å². The van der Waals surface area contributed by atoms with Crippen LogP contribution in [0.25, 0.3) is 0 Å². The minimum atomic E-state index is -2.21. The maximum absolute atomic E-state index is 13.5. The Morgan fingerprint density at radius 2 is 1.78 bits per heavy atom. The van der Waals surface area contributed by atoms with Gasteiger partial charge in [0.1, 0.15) is 42.4 Å². The number of aromatic hydroxyl groups is 1. The van der Waals surface area contributed by atoms with Gasteiger partial charge < -0.3 is 57.3 Å². The number of aliphatic hydroxyl groups excluding tert-OH is 2. The lowest BCUT2D eigenvalue weighted by Crippen LogP contribution is -2.65. The lowest BCUT2D eigenvalue weighted by atomic mass is 9.91. The number of hydrogen-bond donors (Lipinski definition) is 10. The number of carbonyl (C=O) groups excluding carboxylic acids is 3. The highest BCUT2D eigenvalue weighted by molar-refractivity contribution is 7.85. The van der Waals surface area contributed by atoms with Crippen LogP contribution in [0.15, 0.2) is 17.0 Å². The van der Waals surface area contributed by atoms with Gasteiger partial charge in [0.15, 0.2) is 11.5 Å². The van der Waals surface area contributed by atoms with Crippen LogP contribution in [0.3, 0.4) is 0 Å². The first kappa shape index (κ1) is 38.3. The maximum atomic E-state index is 13.5. The van der Waals surface area contributed by atoms with Gasteiger partial charge >= 0.3 is 11.9 Å². The SMILES string of the molecule is CC[C@@]1(C)Oc2cc(c([S@](=O)C[C@H](O)C[C@H](N)C(=O)O)cc2O)[C@@H](O)[C@@H](NC)C(=O)N[C@@H](C(C)C)C(=O)N[C@H]1C(=O)NCC(=O)O. The third kappa shape index (κ3) is 9.35. The van der Waals surface area contributed by atoms with Crippen LogP contribution < -0.4 is 31.7 Å². The van der Waals surface area contributed by atoms with E-state index >= 15 is 0 Å². The van der Waals surface area contributed by atoms with Crippen molar-refractivity contribution < 1.29 is 58.5 Å². The van der Waals surface area contributed by atoms with Crippen molar-refractivity contribution in [2.75, 3.05) is 19.3 Å². The Bertz CT molecular complexity index is 1340. The number of fused-ring (bicyclic) bond motifs is 2. The number of amides is 3. The maximum Gasteiger partial charge on any atom is 0.322 e. The number of hydrogen-bond acceptors (Lipinski definition) is 12. The van der Waals surface area contributed by atoms with Crippen LogP contribution in [0.1, 0.15) is 52.2 Å². The van der Waals surface area contributed by atoms with Gasteiger partial charge in [-0.3, -0.25) is 28.2 Å². The molecule has 258 valence electrons. The predicted molar refractivity (Wildman–Crippen MR) is 162 cm³/mol. The molecular formula is C28H43N5O12S. The summed E-state index contributed by atoms with van der Waals surface area (Å²) in [5, 5.41) is 61.0. The second-order valence-electron chi connectivity index (χ2n) is 11.5. The molecule has 0 fully saturated rings. The smallest absolute Gasteiger partial charge is 0.322 e. The van der Waals surface area contributed by atoms with E-state index < -0.39 is 113 Å². The highest BCUT2D eigenvalue weighted by Crippen LogP contribution is 2.39. The summed E-state index contributed by atoms with van der Waals surface area (Å²) in [7, 11) is -0.859. The minimum absolute atomic E-state index is 0.00266. The molecule has 1 aromatic carbocycles. The highest BCUT2D eigenvalue weighted by atomic mass is 32.2. The van der Waals surface area contributed by atoms with Crippen LogP contribution in [-0.2, 0) is 34.8 Å². The number of nitrogens with one attached hydrogen (secondary N) is 4. The van der Waals surface area contributed by atoms with Crippen LogP contribution in [0, 0.1) is 5.92 Å². The molecule has 2 rings (SSSR count). The Balaban J connectivity index is 2.78. The van der Waals surface area contributed by atoms with Gasteiger partial charge in [-0.25, -0.2) is 0 Å². The molecule has 1 heterocycles. The number of aliphatic hydroxyl groups is 2. The first-order valence-electron chi connectivity index (χ1n) is 14.4. The molecule has 17 nitrogen and oxygen atoms in total. The summed E-state index contributed by atoms with van der Waals surface area (Å²) in [6.07, 6.45) is -3.71. The van der Waals surface area contributed by atoms with Crippen molar-refractivity contribution in [2.45, 2.75) is 87.4 Å². The van der Waals surface area contributed by atoms with Gasteiger partial charge in [0, 0.05) is 22.9 Å². The molecule has 0 aromatic heterocycles. The molecule has 8 atom stereocenters. The zero-order chi connectivity index (χ0) is 35.1. The highest BCUT2D eigenvalue weighted by Gasteiger charge is 2.44. The lowest BCUT2D eigenvalue weighted by Gasteiger charge is -2.38. The Morgan fingerprint density at radius 1 is 1.15 bits per heavy atom. The molecule has 18 heteroatoms. The molecule has 1 aliphatic rings. The Kier molecular flexibility index (Phi) is 13.4. The second kappa shape index (κ2) is 16.1. The molecular weight excluding hydrogens is 630 g/mol. The van der Waals surface area contributed by atoms with Gasteiger partial charge in [0.2, 0.25) is 17.7 Å². The van der Waals surface area contributed by atoms with Gasteiger partial charge in [-0.1, -0.05) is 20.8 Å². The van der Waals surface area contributed by atoms with E-state index in [-0.39, 0.29) is 22.6 Å². The standard InChI is InChI=1S/C28H43N5O12S/c1-6-28(4)23(26(41)31-10-19(36)37)33-24(39)20(12(2)3)32-25(40)21(30-5)22(38)14-8-17(45-28)16(35)9-18(14)46(44)11-13(34)7-15(29)27(42)43/h8-9,12-13,15,20-23,30,34-35,38H,6-7,10-11,29H2,1-5H3,(H,31,41)(H,32,40)(H,33,39)(H,36,37)(H,42,43)/t13-,15+,20+,21-,22-,23+,28-,46-/m1/s1. The van der Waals surface area contributed by atoms with E-state index in [0.29, 0.717) is 0 Å². The Labute approximate surface area is 267 Å². The fourth-order valence-electron chi connectivity index (χ4n) is 4.77. The number of carboxylic acids is 2. The van der Waals surface area contributed by atoms with Gasteiger partial charge in [-0.05, 0) is 32.4 Å². The van der Waals surface area contributed by atoms with Crippen LogP contribution in [-0.4, -0.2) is 115 Å². The van der Waals surface area contributed by atoms with Crippen molar-refractivity contribution in [3.05, 3.63) is 17.7 Å². The molecule has 0 saturated heterocycles. The number of benzene rings is 1. The monoisotopic (exact) mass is 673 g/mol. The van der Waals surface area contributed by atoms with E-state index in [1.165, 1.54) is 14.0 Å². The summed E-state index contributed by atoms with van der Waals surface area (Å²) in [5.74, 6) is -7.46. The predicted octanol–water partition coefficient (Wildman–Crippen LogP) is -2.33. The average molecular weight is 674 g/mol. The number of phenolic OH excluding ortho intramolecular Hbond substituents is 1. The number of carbonyl (C=O) groups is 5. The molecule has 11 N–H and O–H groups in total. The molecule has 0 aliphatic carbocycles. The van der Waals surface area contributed by atoms with Gasteiger partial charge in [-0.15, -0.1) is 0 Å². The first-order chi connectivity index (χ1) is 21.4. The summed E-state index contributed by atoms with van der Waals surface area (Å²) in [5.41, 5.74) is 3.61. The molecule has 2 bridgehead atoms. The van der Waals surface area contributed by atoms with Crippen molar-refractivity contribution in [1.29, 1.82) is 0 Å². The fourth-order valence-corrected chi connectivity index (χ4v) is 6.12. The molecule has 0 spiro atoms. The average Bonchev–Trinajstić information content (AvgIpc) is 2.97. The molecule has 0 radical (unpaired) electrons. The van der Waals surface area contributed by atoms with E-state index in [1.54, 1.807) is 20.8 Å². The number of carboxylic acid groups (broad SMARTS) is 2. The lowest BCUT2D eigenvalue weighted by molar-refractivity contribution is -0.141. The summed E-state index contributed by atoms with van der Waals surface area (Å²) in [4.78, 5) is 62.4. The quantitative estimate of drug-likeness (QED) is 0.111. The van der Waals surface area contributed by atoms with Crippen molar-refractivity contribution >= 4 is 40.5 Å². The normalized spacial score (nSPS) is 25.8. The van der Waals surface area contributed by atoms with E-state index in [9.17, 15) is 43.5 Å². The topological polar surface area (TPSA) is 287 Å². The molecule has 3 amide bonds. The molecule has 1 aromatic rings. The number of rotatable bonds is 12. The number of aliphatic carboxylic acids is 2. The largest absolute Gasteiger partial charge is 0.504 e. The van der Waals surface area contributed by atoms with Crippen molar-refractivity contribution in [2.24, 2.45) is 11.7 Å². The van der Waals surface area contributed by atoms with E-state index in [2.05, 4.69) is 21.3 Å². The van der Waals surface area contributed by atoms with Crippen LogP contribution in [0.5, 0.6) is 11.5 Å². The number of phenols is 1. The van der Waals surface area contributed by atoms with Crippen LogP contribution in [0.2, 0.25) is 0 Å². The number of nitrogens with two attached hydrogens (primary N) is 1. The fraction of sp³-hybridized carbons (Fsp3) is 0.607. The van der Waals surface area contributed by atoms with Crippen LogP contribution >= 0.6 is 0 Å². The third-order valence-corrected chi connectivity index (χ3v) is 9.15. The Morgan fingerprint density at radius 3 is 2.30 bits per heavy atom. The molecule has 1 aliphatic heterocycles. The first-order valence-corrected chi connectivity index (χ1v) is 15.7. The number of likely N-dealkylation sites (N-methyl/N-ethyl adjacent to an activating group) is 1. The summed E-state index contributed by atoms with van der Waals surface area (Å²) in [6, 6.07) is -3.68. The van der Waals surface area contributed by atoms with Gasteiger partial charge in [-0.2, -0.15) is 0 Å². The summed E-state index contributed by atoms with van der Waals surface area (Å²) >= 11 is 0. The van der Waals surface area contributed by atoms with Gasteiger partial charge in [0.25, 0.3) is 0 Å². The van der Waals surface area contributed by atoms with Crippen molar-refractivity contribution in [3.63, 3.8) is 0 Å². The van der Waals surface area contributed by atoms with Crippen LogP contribution in [0.4, 0.5) is 0 Å². The molecule has 0 saturated carbocycles. The second-order valence-corrected chi connectivity index (χ2v) is 12.9. The summed E-state index contributed by atoms with van der Waals surface area (Å²) < 4.78 is 19.6. The summed E-state index contributed by atoms with van der Waals surface area (Å²) in [6.45, 7) is 5.46. The van der Waals surface area contributed by atoms with Crippen molar-refractivity contribution in [3.8, 4) is 11.5 Å². The molecule has 46 heavy (non-hydrogen) atoms.